The Morgan fingerprint density at radius 2 is 0.967 bits per heavy atom. The molecule has 12 heteroatoms. The SMILES string of the molecule is C[C@@H]1NC(=O)COCCOCCOCC(=O)N[C@@H](C)C(=O)NCCOCCNC1=O. The van der Waals surface area contributed by atoms with E-state index in [9.17, 15) is 19.2 Å². The van der Waals surface area contributed by atoms with Crippen LogP contribution in [0.4, 0.5) is 0 Å². The Morgan fingerprint density at radius 1 is 0.600 bits per heavy atom. The van der Waals surface area contributed by atoms with Crippen LogP contribution in [0.2, 0.25) is 0 Å². The molecule has 0 bridgehead atoms. The Morgan fingerprint density at radius 3 is 1.40 bits per heavy atom. The Hall–Kier alpha value is -2.28. The smallest absolute Gasteiger partial charge is 0.246 e. The highest BCUT2D eigenvalue weighted by Gasteiger charge is 2.16. The van der Waals surface area contributed by atoms with Crippen LogP contribution in [0.15, 0.2) is 0 Å². The fourth-order valence-electron chi connectivity index (χ4n) is 2.27. The highest BCUT2D eigenvalue weighted by Crippen LogP contribution is 1.88. The lowest BCUT2D eigenvalue weighted by Gasteiger charge is -2.15. The van der Waals surface area contributed by atoms with E-state index < -0.39 is 23.9 Å². The van der Waals surface area contributed by atoms with Crippen LogP contribution in [0.3, 0.4) is 0 Å². The van der Waals surface area contributed by atoms with Gasteiger partial charge in [-0.3, -0.25) is 19.2 Å². The molecule has 172 valence electrons. The third-order valence-corrected chi connectivity index (χ3v) is 3.84. The molecular weight excluding hydrogens is 400 g/mol. The molecule has 0 aromatic rings. The van der Waals surface area contributed by atoms with E-state index in [-0.39, 0.29) is 77.8 Å². The van der Waals surface area contributed by atoms with Crippen molar-refractivity contribution in [2.24, 2.45) is 0 Å². The van der Waals surface area contributed by atoms with Crippen LogP contribution >= 0.6 is 0 Å². The fourth-order valence-corrected chi connectivity index (χ4v) is 2.27. The summed E-state index contributed by atoms with van der Waals surface area (Å²) in [5, 5.41) is 10.3. The van der Waals surface area contributed by atoms with Crippen LogP contribution in [0.25, 0.3) is 0 Å². The molecule has 0 aliphatic carbocycles. The predicted molar refractivity (Wildman–Crippen MR) is 105 cm³/mol. The van der Waals surface area contributed by atoms with E-state index in [1.54, 1.807) is 13.8 Å². The summed E-state index contributed by atoms with van der Waals surface area (Å²) in [4.78, 5) is 47.4. The van der Waals surface area contributed by atoms with Gasteiger partial charge in [-0.15, -0.1) is 0 Å². The highest BCUT2D eigenvalue weighted by molar-refractivity contribution is 5.88. The van der Waals surface area contributed by atoms with Crippen molar-refractivity contribution in [3.8, 4) is 0 Å². The summed E-state index contributed by atoms with van der Waals surface area (Å²) < 4.78 is 20.9. The molecule has 12 nitrogen and oxygen atoms in total. The van der Waals surface area contributed by atoms with E-state index in [1.807, 2.05) is 0 Å². The molecule has 0 aromatic carbocycles. The van der Waals surface area contributed by atoms with Crippen LogP contribution in [0, 0.1) is 0 Å². The number of rotatable bonds is 0. The summed E-state index contributed by atoms with van der Waals surface area (Å²) in [5.74, 6) is -1.52. The van der Waals surface area contributed by atoms with E-state index >= 15 is 0 Å². The molecule has 0 radical (unpaired) electrons. The summed E-state index contributed by atoms with van der Waals surface area (Å²) in [6, 6.07) is -1.42. The van der Waals surface area contributed by atoms with Crippen molar-refractivity contribution in [3.63, 3.8) is 0 Å². The molecule has 0 spiro atoms. The van der Waals surface area contributed by atoms with Gasteiger partial charge in [-0.05, 0) is 13.8 Å². The Balaban J connectivity index is 2.43. The van der Waals surface area contributed by atoms with E-state index in [2.05, 4.69) is 21.3 Å². The van der Waals surface area contributed by atoms with E-state index in [0.717, 1.165) is 0 Å². The molecule has 1 aliphatic rings. The third-order valence-electron chi connectivity index (χ3n) is 3.84. The lowest BCUT2D eigenvalue weighted by atomic mass is 10.3. The van der Waals surface area contributed by atoms with Gasteiger partial charge >= 0.3 is 0 Å². The molecule has 0 aromatic heterocycles. The van der Waals surface area contributed by atoms with Crippen molar-refractivity contribution in [1.82, 2.24) is 21.3 Å². The van der Waals surface area contributed by atoms with Crippen molar-refractivity contribution >= 4 is 23.6 Å². The van der Waals surface area contributed by atoms with Crippen molar-refractivity contribution in [3.05, 3.63) is 0 Å². The summed E-state index contributed by atoms with van der Waals surface area (Å²) in [6.07, 6.45) is 0. The first-order valence-corrected chi connectivity index (χ1v) is 9.85. The molecular formula is C18H32N4O8. The number of carbonyl (C=O) groups is 4. The number of nitrogens with one attached hydrogen (secondary N) is 4. The number of amides is 4. The van der Waals surface area contributed by atoms with Crippen molar-refractivity contribution < 1.29 is 38.1 Å². The van der Waals surface area contributed by atoms with Crippen LogP contribution in [0.1, 0.15) is 13.8 Å². The van der Waals surface area contributed by atoms with Gasteiger partial charge in [0.15, 0.2) is 0 Å². The average Bonchev–Trinajstić information content (AvgIpc) is 2.70. The molecule has 1 fully saturated rings. The molecule has 0 saturated carbocycles. The van der Waals surface area contributed by atoms with E-state index in [4.69, 9.17) is 18.9 Å². The topological polar surface area (TPSA) is 153 Å². The van der Waals surface area contributed by atoms with Crippen LogP contribution < -0.4 is 21.3 Å². The van der Waals surface area contributed by atoms with Crippen molar-refractivity contribution in [2.75, 3.05) is 65.9 Å². The molecule has 4 amide bonds. The third kappa shape index (κ3) is 12.3. The zero-order valence-electron chi connectivity index (χ0n) is 17.5. The maximum Gasteiger partial charge on any atom is 0.246 e. The maximum atomic E-state index is 11.9. The number of hydrogen-bond acceptors (Lipinski definition) is 8. The Labute approximate surface area is 175 Å². The van der Waals surface area contributed by atoms with Crippen LogP contribution in [0.5, 0.6) is 0 Å². The first kappa shape index (κ1) is 25.8. The van der Waals surface area contributed by atoms with Gasteiger partial charge in [0.05, 0.1) is 39.6 Å². The monoisotopic (exact) mass is 432 g/mol. The van der Waals surface area contributed by atoms with Gasteiger partial charge in [0, 0.05) is 13.1 Å². The first-order chi connectivity index (χ1) is 14.4. The second-order valence-electron chi connectivity index (χ2n) is 6.49. The van der Waals surface area contributed by atoms with Gasteiger partial charge in [0.2, 0.25) is 23.6 Å². The molecule has 1 saturated heterocycles. The summed E-state index contributed by atoms with van der Waals surface area (Å²) >= 11 is 0. The van der Waals surface area contributed by atoms with Gasteiger partial charge in [0.25, 0.3) is 0 Å². The second-order valence-corrected chi connectivity index (χ2v) is 6.49. The minimum atomic E-state index is -0.712. The highest BCUT2D eigenvalue weighted by atomic mass is 16.5. The number of hydrogen-bond donors (Lipinski definition) is 4. The minimum Gasteiger partial charge on any atom is -0.378 e. The predicted octanol–water partition coefficient (Wildman–Crippen LogP) is -2.69. The first-order valence-electron chi connectivity index (χ1n) is 9.85. The van der Waals surface area contributed by atoms with Crippen molar-refractivity contribution in [2.45, 2.75) is 25.9 Å². The lowest BCUT2D eigenvalue weighted by Crippen LogP contribution is -2.47. The molecule has 30 heavy (non-hydrogen) atoms. The molecule has 2 atom stereocenters. The Bertz CT molecular complexity index is 514. The normalized spacial score (nSPS) is 25.8. The molecule has 1 rings (SSSR count). The van der Waals surface area contributed by atoms with Crippen LogP contribution in [-0.2, 0) is 38.1 Å². The van der Waals surface area contributed by atoms with Crippen molar-refractivity contribution in [1.29, 1.82) is 0 Å². The molecule has 1 heterocycles. The molecule has 4 N–H and O–H groups in total. The van der Waals surface area contributed by atoms with Gasteiger partial charge in [0.1, 0.15) is 25.3 Å². The van der Waals surface area contributed by atoms with Gasteiger partial charge in [-0.2, -0.15) is 0 Å². The minimum absolute atomic E-state index is 0.190. The summed E-state index contributed by atoms with van der Waals surface area (Å²) in [5.41, 5.74) is 0. The number of ether oxygens (including phenoxy) is 4. The standard InChI is InChI=1S/C18H32N4O8/c1-13-17(25)19-3-5-27-6-4-20-18(26)14(2)22-16(24)12-30-10-8-28-7-9-29-11-15(23)21-13/h13-14H,3-12H2,1-2H3,(H,19,25)(H,20,26)(H,21,23)(H,22,24)/t13-,14-/m0/s1. The van der Waals surface area contributed by atoms with Gasteiger partial charge < -0.3 is 40.2 Å². The molecule has 0 unspecified atom stereocenters. The Kier molecular flexibility index (Phi) is 13.3. The zero-order chi connectivity index (χ0) is 22.2. The van der Waals surface area contributed by atoms with Crippen LogP contribution in [-0.4, -0.2) is 102 Å². The summed E-state index contributed by atoms with van der Waals surface area (Å²) in [6.45, 7) is 4.64. The number of carbonyl (C=O) groups excluding carboxylic acids is 4. The van der Waals surface area contributed by atoms with Gasteiger partial charge in [-0.25, -0.2) is 0 Å². The maximum absolute atomic E-state index is 11.9. The van der Waals surface area contributed by atoms with E-state index in [1.165, 1.54) is 0 Å². The van der Waals surface area contributed by atoms with E-state index in [0.29, 0.717) is 0 Å². The second kappa shape index (κ2) is 15.5. The lowest BCUT2D eigenvalue weighted by molar-refractivity contribution is -0.132. The molecule has 1 aliphatic heterocycles. The largest absolute Gasteiger partial charge is 0.378 e. The summed E-state index contributed by atoms with van der Waals surface area (Å²) in [7, 11) is 0. The fraction of sp³-hybridized carbons (Fsp3) is 0.778. The van der Waals surface area contributed by atoms with Gasteiger partial charge in [-0.1, -0.05) is 0 Å². The zero-order valence-corrected chi connectivity index (χ0v) is 17.5. The average molecular weight is 432 g/mol. The quantitative estimate of drug-likeness (QED) is 0.323.